The minimum atomic E-state index is -0.290. The highest BCUT2D eigenvalue weighted by Gasteiger charge is 2.27. The van der Waals surface area contributed by atoms with Gasteiger partial charge in [0.15, 0.2) is 0 Å². The van der Waals surface area contributed by atoms with Crippen molar-refractivity contribution in [2.24, 2.45) is 4.99 Å². The molecule has 0 bridgehead atoms. The second kappa shape index (κ2) is 10.2. The SMILES string of the molecule is c1ccc2cc(C3NC(c4cccc5oc6ncccc6c45)=NC(c4ccc5c(ccc6ccc7ccccc7c65)c4)N3)ccc2c1. The summed E-state index contributed by atoms with van der Waals surface area (Å²) in [6.07, 6.45) is 1.30. The van der Waals surface area contributed by atoms with E-state index in [2.05, 4.69) is 137 Å². The van der Waals surface area contributed by atoms with Crippen LogP contribution in [0.4, 0.5) is 0 Å². The summed E-state index contributed by atoms with van der Waals surface area (Å²) in [7, 11) is 0. The number of aliphatic imine (C=N–C) groups is 1. The van der Waals surface area contributed by atoms with Crippen LogP contribution >= 0.6 is 0 Å². The maximum atomic E-state index is 6.16. The first-order valence-electron chi connectivity index (χ1n) is 16.0. The van der Waals surface area contributed by atoms with Crippen molar-refractivity contribution in [1.82, 2.24) is 15.6 Å². The van der Waals surface area contributed by atoms with Gasteiger partial charge in [0, 0.05) is 22.5 Å². The molecule has 1 aliphatic rings. The molecule has 1 aliphatic heterocycles. The number of hydrogen-bond acceptors (Lipinski definition) is 5. The van der Waals surface area contributed by atoms with E-state index in [1.54, 1.807) is 6.20 Å². The molecule has 222 valence electrons. The number of amidine groups is 1. The number of rotatable bonds is 3. The summed E-state index contributed by atoms with van der Waals surface area (Å²) < 4.78 is 6.16. The fourth-order valence-corrected chi connectivity index (χ4v) is 7.31. The number of benzene rings is 7. The summed E-state index contributed by atoms with van der Waals surface area (Å²) in [5.41, 5.74) is 4.66. The Hall–Kier alpha value is -6.04. The Bertz CT molecular complexity index is 2730. The average molecular weight is 605 g/mol. The zero-order valence-electron chi connectivity index (χ0n) is 25.3. The van der Waals surface area contributed by atoms with Crippen LogP contribution in [0.3, 0.4) is 0 Å². The molecule has 0 radical (unpaired) electrons. The van der Waals surface area contributed by atoms with Gasteiger partial charge in [0.1, 0.15) is 23.8 Å². The van der Waals surface area contributed by atoms with Crippen molar-refractivity contribution in [1.29, 1.82) is 0 Å². The van der Waals surface area contributed by atoms with Gasteiger partial charge in [-0.2, -0.15) is 0 Å². The molecular formula is C42H28N4O. The zero-order valence-corrected chi connectivity index (χ0v) is 25.3. The molecule has 0 aliphatic carbocycles. The van der Waals surface area contributed by atoms with Crippen LogP contribution in [0.1, 0.15) is 29.0 Å². The molecule has 3 heterocycles. The van der Waals surface area contributed by atoms with E-state index in [1.165, 1.54) is 43.1 Å². The Balaban J connectivity index is 1.15. The van der Waals surface area contributed by atoms with E-state index in [4.69, 9.17) is 9.41 Å². The quantitative estimate of drug-likeness (QED) is 0.197. The third-order valence-electron chi connectivity index (χ3n) is 9.56. The fourth-order valence-electron chi connectivity index (χ4n) is 7.31. The Labute approximate surface area is 270 Å². The van der Waals surface area contributed by atoms with E-state index in [0.29, 0.717) is 5.71 Å². The number of nitrogens with one attached hydrogen (secondary N) is 2. The van der Waals surface area contributed by atoms with Crippen LogP contribution in [0.15, 0.2) is 155 Å². The van der Waals surface area contributed by atoms with Crippen LogP contribution in [-0.4, -0.2) is 10.8 Å². The van der Waals surface area contributed by atoms with Crippen molar-refractivity contribution in [2.45, 2.75) is 12.3 Å². The van der Waals surface area contributed by atoms with Gasteiger partial charge in [-0.25, -0.2) is 9.98 Å². The number of nitrogens with zero attached hydrogens (tertiary/aromatic N) is 2. The summed E-state index contributed by atoms with van der Waals surface area (Å²) in [5.74, 6) is 0.814. The van der Waals surface area contributed by atoms with Crippen LogP contribution < -0.4 is 10.6 Å². The van der Waals surface area contributed by atoms with Crippen LogP contribution in [0.2, 0.25) is 0 Å². The van der Waals surface area contributed by atoms with Gasteiger partial charge in [-0.05, 0) is 84.5 Å². The number of furan rings is 1. The van der Waals surface area contributed by atoms with Crippen molar-refractivity contribution in [2.75, 3.05) is 0 Å². The highest BCUT2D eigenvalue weighted by atomic mass is 16.3. The molecule has 47 heavy (non-hydrogen) atoms. The van der Waals surface area contributed by atoms with Crippen LogP contribution in [0.25, 0.3) is 65.2 Å². The predicted octanol–water partition coefficient (Wildman–Crippen LogP) is 9.93. The van der Waals surface area contributed by atoms with Gasteiger partial charge < -0.3 is 9.73 Å². The van der Waals surface area contributed by atoms with Crippen molar-refractivity contribution in [3.8, 4) is 0 Å². The molecule has 7 aromatic carbocycles. The highest BCUT2D eigenvalue weighted by Crippen LogP contribution is 2.36. The lowest BCUT2D eigenvalue weighted by atomic mass is 9.95. The molecule has 10 rings (SSSR count). The van der Waals surface area contributed by atoms with Gasteiger partial charge >= 0.3 is 0 Å². The van der Waals surface area contributed by atoms with Crippen molar-refractivity contribution in [3.63, 3.8) is 0 Å². The smallest absolute Gasteiger partial charge is 0.227 e. The Morgan fingerprint density at radius 1 is 0.532 bits per heavy atom. The van der Waals surface area contributed by atoms with E-state index in [9.17, 15) is 0 Å². The van der Waals surface area contributed by atoms with Crippen LogP contribution in [0, 0.1) is 0 Å². The maximum Gasteiger partial charge on any atom is 0.227 e. The van der Waals surface area contributed by atoms with Crippen molar-refractivity contribution in [3.05, 3.63) is 162 Å². The first-order chi connectivity index (χ1) is 23.3. The molecule has 5 heteroatoms. The van der Waals surface area contributed by atoms with Gasteiger partial charge in [0.05, 0.1) is 0 Å². The van der Waals surface area contributed by atoms with E-state index in [0.717, 1.165) is 38.9 Å². The monoisotopic (exact) mass is 604 g/mol. The lowest BCUT2D eigenvalue weighted by Crippen LogP contribution is -2.45. The summed E-state index contributed by atoms with van der Waals surface area (Å²) in [5, 5.41) is 19.5. The van der Waals surface area contributed by atoms with E-state index in [1.807, 2.05) is 18.2 Å². The van der Waals surface area contributed by atoms with Gasteiger partial charge in [-0.1, -0.05) is 109 Å². The molecular weight excluding hydrogens is 576 g/mol. The number of pyridine rings is 1. The first-order valence-corrected chi connectivity index (χ1v) is 16.0. The minimum absolute atomic E-state index is 0.181. The van der Waals surface area contributed by atoms with Gasteiger partial charge in [-0.15, -0.1) is 0 Å². The highest BCUT2D eigenvalue weighted by molar-refractivity contribution is 6.20. The summed E-state index contributed by atoms with van der Waals surface area (Å²) >= 11 is 0. The molecule has 0 saturated carbocycles. The van der Waals surface area contributed by atoms with Gasteiger partial charge in [0.25, 0.3) is 0 Å². The lowest BCUT2D eigenvalue weighted by Gasteiger charge is -2.32. The standard InChI is InChI=1S/C42H28N4O/c1-2-9-28-23-30(19-14-25(28)7-1)39-44-40(46-41(45-39)34-11-5-13-36-38(34)35-12-6-22-43-42(35)47-36)31-20-21-33-29(24-31)18-17-27-16-15-26-8-3-4-10-32(26)37(27)33/h1-24,39-40,44H,(H,45,46). The van der Waals surface area contributed by atoms with Crippen LogP contribution in [0.5, 0.6) is 0 Å². The van der Waals surface area contributed by atoms with E-state index < -0.39 is 0 Å². The Morgan fingerprint density at radius 2 is 1.26 bits per heavy atom. The summed E-state index contributed by atoms with van der Waals surface area (Å²) in [4.78, 5) is 9.84. The normalized spacial score (nSPS) is 16.7. The molecule has 2 atom stereocenters. The number of fused-ring (bicyclic) bond motifs is 9. The fraction of sp³-hybridized carbons (Fsp3) is 0.0476. The van der Waals surface area contributed by atoms with Crippen molar-refractivity contribution >= 4 is 71.0 Å². The maximum absolute atomic E-state index is 6.16. The lowest BCUT2D eigenvalue weighted by molar-refractivity contribution is 0.409. The van der Waals surface area contributed by atoms with Crippen LogP contribution in [-0.2, 0) is 0 Å². The molecule has 5 nitrogen and oxygen atoms in total. The Morgan fingerprint density at radius 3 is 2.19 bits per heavy atom. The molecule has 0 fully saturated rings. The second-order valence-electron chi connectivity index (χ2n) is 12.3. The third kappa shape index (κ3) is 4.21. The second-order valence-corrected chi connectivity index (χ2v) is 12.3. The molecule has 9 aromatic rings. The molecule has 2 aromatic heterocycles. The third-order valence-corrected chi connectivity index (χ3v) is 9.56. The minimum Gasteiger partial charge on any atom is -0.438 e. The molecule has 0 spiro atoms. The first kappa shape index (κ1) is 26.2. The predicted molar refractivity (Wildman–Crippen MR) is 193 cm³/mol. The molecule has 2 unspecified atom stereocenters. The largest absolute Gasteiger partial charge is 0.438 e. The zero-order chi connectivity index (χ0) is 30.9. The van der Waals surface area contributed by atoms with Gasteiger partial charge in [0.2, 0.25) is 5.71 Å². The summed E-state index contributed by atoms with van der Waals surface area (Å²) in [6, 6.07) is 49.6. The van der Waals surface area contributed by atoms with E-state index in [-0.39, 0.29) is 12.3 Å². The number of aromatic nitrogens is 1. The molecule has 0 amide bonds. The Kier molecular flexibility index (Phi) is 5.71. The number of hydrogen-bond donors (Lipinski definition) is 2. The molecule has 2 N–H and O–H groups in total. The topological polar surface area (TPSA) is 62.5 Å². The average Bonchev–Trinajstić information content (AvgIpc) is 3.53. The van der Waals surface area contributed by atoms with E-state index >= 15 is 0 Å². The summed E-state index contributed by atoms with van der Waals surface area (Å²) in [6.45, 7) is 0. The van der Waals surface area contributed by atoms with Gasteiger partial charge in [-0.3, -0.25) is 5.32 Å². The van der Waals surface area contributed by atoms with Crippen molar-refractivity contribution < 1.29 is 4.42 Å². The molecule has 0 saturated heterocycles.